The van der Waals surface area contributed by atoms with E-state index in [0.717, 1.165) is 28.3 Å². The van der Waals surface area contributed by atoms with E-state index in [1.807, 2.05) is 37.1 Å². The Balaban J connectivity index is 1.64. The second-order valence-corrected chi connectivity index (χ2v) is 7.21. The Hall–Kier alpha value is -1.86. The summed E-state index contributed by atoms with van der Waals surface area (Å²) in [5.41, 5.74) is 2.76. The van der Waals surface area contributed by atoms with Crippen LogP contribution in [0.4, 0.5) is 0 Å². The predicted octanol–water partition coefficient (Wildman–Crippen LogP) is 2.88. The number of amides is 1. The van der Waals surface area contributed by atoms with Crippen molar-refractivity contribution in [2.24, 2.45) is 7.05 Å². The van der Waals surface area contributed by atoms with Gasteiger partial charge >= 0.3 is 0 Å². The standard InChI is InChI=1S/C16H16ClN3O3S/c1-9-14(15(17)19(2)18-9)16-20(13(21)7-24-16)6-10-3-4-11-12(5-10)23-8-22-11/h3-5,16H,6-8H2,1-2H3. The van der Waals surface area contributed by atoms with Crippen LogP contribution in [0.15, 0.2) is 18.2 Å². The maximum atomic E-state index is 12.4. The normalized spacial score (nSPS) is 19.4. The number of aromatic nitrogens is 2. The van der Waals surface area contributed by atoms with E-state index in [1.54, 1.807) is 16.4 Å². The van der Waals surface area contributed by atoms with Gasteiger partial charge < -0.3 is 14.4 Å². The lowest BCUT2D eigenvalue weighted by Gasteiger charge is -2.24. The zero-order valence-electron chi connectivity index (χ0n) is 13.3. The highest BCUT2D eigenvalue weighted by Crippen LogP contribution is 2.44. The maximum absolute atomic E-state index is 12.4. The summed E-state index contributed by atoms with van der Waals surface area (Å²) >= 11 is 7.98. The molecule has 3 heterocycles. The third kappa shape index (κ3) is 2.52. The number of carbonyl (C=O) groups excluding carboxylic acids is 1. The van der Waals surface area contributed by atoms with Crippen LogP contribution >= 0.6 is 23.4 Å². The van der Waals surface area contributed by atoms with Crippen molar-refractivity contribution in [2.75, 3.05) is 12.5 Å². The third-order valence-corrected chi connectivity index (χ3v) is 5.87. The second-order valence-electron chi connectivity index (χ2n) is 5.79. The van der Waals surface area contributed by atoms with E-state index in [-0.39, 0.29) is 18.1 Å². The first-order valence-electron chi connectivity index (χ1n) is 7.53. The molecule has 8 heteroatoms. The molecule has 2 aromatic rings. The molecule has 1 aromatic carbocycles. The number of carbonyl (C=O) groups is 1. The minimum atomic E-state index is -0.121. The molecule has 1 amide bonds. The van der Waals surface area contributed by atoms with Crippen molar-refractivity contribution in [1.82, 2.24) is 14.7 Å². The molecule has 0 N–H and O–H groups in total. The molecule has 2 aliphatic rings. The molecule has 126 valence electrons. The van der Waals surface area contributed by atoms with E-state index < -0.39 is 0 Å². The number of thioether (sulfide) groups is 1. The third-order valence-electron chi connectivity index (χ3n) is 4.20. The fraction of sp³-hybridized carbons (Fsp3) is 0.375. The van der Waals surface area contributed by atoms with Crippen molar-refractivity contribution in [1.29, 1.82) is 0 Å². The Bertz CT molecular complexity index is 823. The monoisotopic (exact) mass is 365 g/mol. The van der Waals surface area contributed by atoms with Gasteiger partial charge in [-0.1, -0.05) is 17.7 Å². The summed E-state index contributed by atoms with van der Waals surface area (Å²) in [7, 11) is 1.81. The van der Waals surface area contributed by atoms with Crippen LogP contribution in [0.25, 0.3) is 0 Å². The van der Waals surface area contributed by atoms with Crippen molar-refractivity contribution in [3.63, 3.8) is 0 Å². The van der Waals surface area contributed by atoms with Gasteiger partial charge in [0.05, 0.1) is 11.4 Å². The lowest BCUT2D eigenvalue weighted by molar-refractivity contribution is -0.128. The molecule has 1 aromatic heterocycles. The molecule has 0 bridgehead atoms. The molecule has 1 saturated heterocycles. The Morgan fingerprint density at radius 3 is 2.92 bits per heavy atom. The number of benzene rings is 1. The summed E-state index contributed by atoms with van der Waals surface area (Å²) in [5, 5.41) is 4.82. The van der Waals surface area contributed by atoms with Crippen molar-refractivity contribution < 1.29 is 14.3 Å². The molecule has 0 saturated carbocycles. The summed E-state index contributed by atoms with van der Waals surface area (Å²) in [6.45, 7) is 2.66. The molecular formula is C16H16ClN3O3S. The molecular weight excluding hydrogens is 350 g/mol. The van der Waals surface area contributed by atoms with E-state index in [4.69, 9.17) is 21.1 Å². The van der Waals surface area contributed by atoms with Crippen molar-refractivity contribution in [3.05, 3.63) is 40.2 Å². The quantitative estimate of drug-likeness (QED) is 0.837. The molecule has 4 rings (SSSR count). The van der Waals surface area contributed by atoms with Crippen molar-refractivity contribution >= 4 is 29.3 Å². The van der Waals surface area contributed by atoms with E-state index >= 15 is 0 Å². The first-order valence-corrected chi connectivity index (χ1v) is 8.96. The zero-order valence-corrected chi connectivity index (χ0v) is 14.9. The first-order chi connectivity index (χ1) is 11.5. The Kier molecular flexibility index (Phi) is 3.85. The summed E-state index contributed by atoms with van der Waals surface area (Å²) in [5.74, 6) is 2.00. The highest BCUT2D eigenvalue weighted by Gasteiger charge is 2.36. The summed E-state index contributed by atoms with van der Waals surface area (Å²) in [6, 6.07) is 5.76. The van der Waals surface area contributed by atoms with Crippen LogP contribution in [0.5, 0.6) is 11.5 Å². The van der Waals surface area contributed by atoms with Gasteiger partial charge in [0, 0.05) is 19.2 Å². The highest BCUT2D eigenvalue weighted by molar-refractivity contribution is 8.00. The lowest BCUT2D eigenvalue weighted by Crippen LogP contribution is -2.28. The molecule has 0 spiro atoms. The number of hydrogen-bond acceptors (Lipinski definition) is 5. The van der Waals surface area contributed by atoms with Gasteiger partial charge in [-0.2, -0.15) is 5.10 Å². The number of hydrogen-bond donors (Lipinski definition) is 0. The Labute approximate surface area is 148 Å². The predicted molar refractivity (Wildman–Crippen MR) is 91.3 cm³/mol. The van der Waals surface area contributed by atoms with Crippen molar-refractivity contribution in [3.8, 4) is 11.5 Å². The van der Waals surface area contributed by atoms with Gasteiger partial charge in [0.25, 0.3) is 0 Å². The van der Waals surface area contributed by atoms with Gasteiger partial charge in [-0.15, -0.1) is 11.8 Å². The number of nitrogens with zero attached hydrogens (tertiary/aromatic N) is 3. The molecule has 2 aliphatic heterocycles. The maximum Gasteiger partial charge on any atom is 0.234 e. The van der Waals surface area contributed by atoms with Crippen molar-refractivity contribution in [2.45, 2.75) is 18.8 Å². The van der Waals surface area contributed by atoms with Gasteiger partial charge in [-0.3, -0.25) is 9.48 Å². The number of halogens is 1. The van der Waals surface area contributed by atoms with Gasteiger partial charge in [-0.25, -0.2) is 0 Å². The van der Waals surface area contributed by atoms with E-state index in [0.29, 0.717) is 17.5 Å². The molecule has 24 heavy (non-hydrogen) atoms. The van der Waals surface area contributed by atoms with Crippen LogP contribution in [0, 0.1) is 6.92 Å². The Morgan fingerprint density at radius 2 is 2.17 bits per heavy atom. The fourth-order valence-corrected chi connectivity index (χ4v) is 4.66. The molecule has 1 unspecified atom stereocenters. The van der Waals surface area contributed by atoms with Crippen LogP contribution < -0.4 is 9.47 Å². The topological polar surface area (TPSA) is 56.6 Å². The largest absolute Gasteiger partial charge is 0.454 e. The summed E-state index contributed by atoms with van der Waals surface area (Å²) in [6.07, 6.45) is 0. The fourth-order valence-electron chi connectivity index (χ4n) is 3.03. The number of ether oxygens (including phenoxy) is 2. The van der Waals surface area contributed by atoms with Gasteiger partial charge in [0.1, 0.15) is 10.5 Å². The number of fused-ring (bicyclic) bond motifs is 1. The zero-order chi connectivity index (χ0) is 16.8. The van der Waals surface area contributed by atoms with Crippen LogP contribution in [0.3, 0.4) is 0 Å². The van der Waals surface area contributed by atoms with Crippen LogP contribution in [-0.2, 0) is 18.4 Å². The molecule has 0 aliphatic carbocycles. The average Bonchev–Trinajstić information content (AvgIpc) is 3.21. The van der Waals surface area contributed by atoms with E-state index in [1.165, 1.54) is 0 Å². The van der Waals surface area contributed by atoms with Gasteiger partial charge in [0.2, 0.25) is 12.7 Å². The van der Waals surface area contributed by atoms with Crippen LogP contribution in [-0.4, -0.2) is 33.1 Å². The highest BCUT2D eigenvalue weighted by atomic mass is 35.5. The molecule has 1 fully saturated rings. The smallest absolute Gasteiger partial charge is 0.234 e. The second kappa shape index (κ2) is 5.89. The minimum Gasteiger partial charge on any atom is -0.454 e. The number of rotatable bonds is 3. The van der Waals surface area contributed by atoms with Crippen LogP contribution in [0.2, 0.25) is 5.15 Å². The SMILES string of the molecule is Cc1nn(C)c(Cl)c1C1SCC(=O)N1Cc1ccc2c(c1)OCO2. The first kappa shape index (κ1) is 15.7. The van der Waals surface area contributed by atoms with Gasteiger partial charge in [0.15, 0.2) is 11.5 Å². The van der Waals surface area contributed by atoms with E-state index in [9.17, 15) is 4.79 Å². The number of aryl methyl sites for hydroxylation is 2. The summed E-state index contributed by atoms with van der Waals surface area (Å²) < 4.78 is 12.4. The lowest BCUT2D eigenvalue weighted by atomic mass is 10.1. The molecule has 1 atom stereocenters. The van der Waals surface area contributed by atoms with E-state index in [2.05, 4.69) is 5.10 Å². The summed E-state index contributed by atoms with van der Waals surface area (Å²) in [4.78, 5) is 14.2. The van der Waals surface area contributed by atoms with Gasteiger partial charge in [-0.05, 0) is 24.6 Å². The molecule has 0 radical (unpaired) electrons. The Morgan fingerprint density at radius 1 is 1.38 bits per heavy atom. The average molecular weight is 366 g/mol. The van der Waals surface area contributed by atoms with Crippen LogP contribution in [0.1, 0.15) is 22.2 Å². The molecule has 6 nitrogen and oxygen atoms in total. The minimum absolute atomic E-state index is 0.0991.